The SMILES string of the molecule is CC(=O)C1CC1c1ccc2ccccc2n1. The predicted octanol–water partition coefficient (Wildman–Crippen LogP) is 2.93. The van der Waals surface area contributed by atoms with Crippen molar-refractivity contribution in [2.24, 2.45) is 5.92 Å². The first-order chi connectivity index (χ1) is 7.75. The summed E-state index contributed by atoms with van der Waals surface area (Å²) in [5.74, 6) is 0.871. The van der Waals surface area contributed by atoms with E-state index in [9.17, 15) is 4.79 Å². The second kappa shape index (κ2) is 3.41. The van der Waals surface area contributed by atoms with Gasteiger partial charge in [0.25, 0.3) is 0 Å². The van der Waals surface area contributed by atoms with E-state index in [1.807, 2.05) is 18.2 Å². The Labute approximate surface area is 94.3 Å². The van der Waals surface area contributed by atoms with E-state index in [1.165, 1.54) is 0 Å². The lowest BCUT2D eigenvalue weighted by molar-refractivity contribution is -0.118. The number of rotatable bonds is 2. The summed E-state index contributed by atoms with van der Waals surface area (Å²) in [6, 6.07) is 12.2. The van der Waals surface area contributed by atoms with Gasteiger partial charge in [-0.15, -0.1) is 0 Å². The summed E-state index contributed by atoms with van der Waals surface area (Å²) >= 11 is 0. The third-order valence-electron chi connectivity index (χ3n) is 3.31. The lowest BCUT2D eigenvalue weighted by Crippen LogP contribution is -1.96. The van der Waals surface area contributed by atoms with E-state index in [1.54, 1.807) is 6.92 Å². The molecule has 0 aliphatic heterocycles. The van der Waals surface area contributed by atoms with E-state index >= 15 is 0 Å². The largest absolute Gasteiger partial charge is 0.300 e. The quantitative estimate of drug-likeness (QED) is 0.764. The number of nitrogens with zero attached hydrogens (tertiary/aromatic N) is 1. The van der Waals surface area contributed by atoms with Crippen LogP contribution in [0, 0.1) is 5.92 Å². The summed E-state index contributed by atoms with van der Waals surface area (Å²) in [6.07, 6.45) is 0.973. The molecule has 3 rings (SSSR count). The zero-order valence-corrected chi connectivity index (χ0v) is 9.18. The number of carbonyl (C=O) groups is 1. The second-order valence-electron chi connectivity index (χ2n) is 4.49. The number of aromatic nitrogens is 1. The third kappa shape index (κ3) is 1.51. The van der Waals surface area contributed by atoms with Crippen LogP contribution in [0.3, 0.4) is 0 Å². The molecule has 2 heteroatoms. The minimum atomic E-state index is 0.216. The fraction of sp³-hybridized carbons (Fsp3) is 0.286. The highest BCUT2D eigenvalue weighted by molar-refractivity contribution is 5.83. The normalized spacial score (nSPS) is 23.3. The fourth-order valence-corrected chi connectivity index (χ4v) is 2.26. The van der Waals surface area contributed by atoms with Crippen LogP contribution < -0.4 is 0 Å². The minimum Gasteiger partial charge on any atom is -0.300 e. The van der Waals surface area contributed by atoms with Gasteiger partial charge in [0.2, 0.25) is 0 Å². The van der Waals surface area contributed by atoms with Gasteiger partial charge in [-0.05, 0) is 25.5 Å². The van der Waals surface area contributed by atoms with Crippen molar-refractivity contribution in [2.75, 3.05) is 0 Å². The number of ketones is 1. The number of pyridine rings is 1. The third-order valence-corrected chi connectivity index (χ3v) is 3.31. The van der Waals surface area contributed by atoms with Crippen molar-refractivity contribution in [3.8, 4) is 0 Å². The van der Waals surface area contributed by atoms with Gasteiger partial charge in [-0.3, -0.25) is 9.78 Å². The van der Waals surface area contributed by atoms with Gasteiger partial charge in [0.1, 0.15) is 5.78 Å². The Bertz CT molecular complexity index is 561. The first-order valence-corrected chi connectivity index (χ1v) is 5.62. The Hall–Kier alpha value is -1.70. The monoisotopic (exact) mass is 211 g/mol. The van der Waals surface area contributed by atoms with Crippen LogP contribution in [-0.4, -0.2) is 10.8 Å². The molecule has 0 radical (unpaired) electrons. The van der Waals surface area contributed by atoms with Gasteiger partial charge in [0.15, 0.2) is 0 Å². The number of fused-ring (bicyclic) bond motifs is 1. The number of para-hydroxylation sites is 1. The Morgan fingerprint density at radius 2 is 2.06 bits per heavy atom. The molecule has 2 aromatic rings. The lowest BCUT2D eigenvalue weighted by Gasteiger charge is -2.01. The van der Waals surface area contributed by atoms with E-state index < -0.39 is 0 Å². The molecule has 0 amide bonds. The van der Waals surface area contributed by atoms with Gasteiger partial charge in [0.05, 0.1) is 5.52 Å². The van der Waals surface area contributed by atoms with Crippen molar-refractivity contribution in [3.05, 3.63) is 42.1 Å². The molecule has 1 saturated carbocycles. The standard InChI is InChI=1S/C14H13NO/c1-9(16)11-8-12(11)14-7-6-10-4-2-3-5-13(10)15-14/h2-7,11-12H,8H2,1H3. The van der Waals surface area contributed by atoms with Crippen molar-refractivity contribution in [2.45, 2.75) is 19.3 Å². The van der Waals surface area contributed by atoms with Crippen LogP contribution in [0.2, 0.25) is 0 Å². The van der Waals surface area contributed by atoms with Crippen LogP contribution in [0.25, 0.3) is 10.9 Å². The zero-order chi connectivity index (χ0) is 11.1. The van der Waals surface area contributed by atoms with E-state index in [0.29, 0.717) is 11.7 Å². The summed E-state index contributed by atoms with van der Waals surface area (Å²) in [5, 5.41) is 1.16. The Balaban J connectivity index is 1.98. The highest BCUT2D eigenvalue weighted by Crippen LogP contribution is 2.47. The van der Waals surface area contributed by atoms with Gasteiger partial charge in [-0.1, -0.05) is 24.3 Å². The minimum absolute atomic E-state index is 0.216. The molecule has 0 saturated heterocycles. The number of hydrogen-bond acceptors (Lipinski definition) is 2. The highest BCUT2D eigenvalue weighted by atomic mass is 16.1. The van der Waals surface area contributed by atoms with Crippen LogP contribution in [0.1, 0.15) is 25.0 Å². The van der Waals surface area contributed by atoms with Crippen molar-refractivity contribution in [1.29, 1.82) is 0 Å². The average Bonchev–Trinajstić information content (AvgIpc) is 3.08. The van der Waals surface area contributed by atoms with Crippen molar-refractivity contribution >= 4 is 16.7 Å². The summed E-state index contributed by atoms with van der Waals surface area (Å²) in [4.78, 5) is 15.8. The van der Waals surface area contributed by atoms with E-state index in [4.69, 9.17) is 0 Å². The van der Waals surface area contributed by atoms with Crippen molar-refractivity contribution in [3.63, 3.8) is 0 Å². The first kappa shape index (κ1) is 9.52. The van der Waals surface area contributed by atoms with Crippen LogP contribution in [0.5, 0.6) is 0 Å². The molecule has 2 nitrogen and oxygen atoms in total. The topological polar surface area (TPSA) is 30.0 Å². The lowest BCUT2D eigenvalue weighted by atomic mass is 10.1. The molecule has 1 fully saturated rings. The van der Waals surface area contributed by atoms with Crippen molar-refractivity contribution < 1.29 is 4.79 Å². The van der Waals surface area contributed by atoms with Gasteiger partial charge in [-0.2, -0.15) is 0 Å². The predicted molar refractivity (Wildman–Crippen MR) is 63.3 cm³/mol. The highest BCUT2D eigenvalue weighted by Gasteiger charge is 2.42. The van der Waals surface area contributed by atoms with Crippen LogP contribution >= 0.6 is 0 Å². The Kier molecular flexibility index (Phi) is 2.03. The number of hydrogen-bond donors (Lipinski definition) is 0. The number of carbonyl (C=O) groups excluding carboxylic acids is 1. The molecule has 2 unspecified atom stereocenters. The maximum Gasteiger partial charge on any atom is 0.133 e. The maximum atomic E-state index is 11.2. The van der Waals surface area contributed by atoms with E-state index in [-0.39, 0.29) is 5.92 Å². The molecule has 1 aliphatic carbocycles. The number of Topliss-reactive ketones (excluding diaryl/α,β-unsaturated/α-hetero) is 1. The average molecular weight is 211 g/mol. The molecule has 0 spiro atoms. The number of benzene rings is 1. The molecular weight excluding hydrogens is 198 g/mol. The van der Waals surface area contributed by atoms with Crippen molar-refractivity contribution in [1.82, 2.24) is 4.98 Å². The molecule has 1 aromatic heterocycles. The molecule has 1 aromatic carbocycles. The molecular formula is C14H13NO. The second-order valence-corrected chi connectivity index (χ2v) is 4.49. The van der Waals surface area contributed by atoms with Gasteiger partial charge in [0, 0.05) is 22.9 Å². The molecule has 2 atom stereocenters. The summed E-state index contributed by atoms with van der Waals surface area (Å²) in [6.45, 7) is 1.67. The molecule has 80 valence electrons. The Morgan fingerprint density at radius 3 is 2.81 bits per heavy atom. The van der Waals surface area contributed by atoms with E-state index in [0.717, 1.165) is 23.0 Å². The van der Waals surface area contributed by atoms with Gasteiger partial charge < -0.3 is 0 Å². The van der Waals surface area contributed by atoms with E-state index in [2.05, 4.69) is 23.2 Å². The Morgan fingerprint density at radius 1 is 1.25 bits per heavy atom. The van der Waals surface area contributed by atoms with Crippen LogP contribution in [0.4, 0.5) is 0 Å². The summed E-state index contributed by atoms with van der Waals surface area (Å²) in [7, 11) is 0. The van der Waals surface area contributed by atoms with Gasteiger partial charge in [-0.25, -0.2) is 0 Å². The summed E-state index contributed by atoms with van der Waals surface area (Å²) < 4.78 is 0. The van der Waals surface area contributed by atoms with Crippen LogP contribution in [-0.2, 0) is 4.79 Å². The zero-order valence-electron chi connectivity index (χ0n) is 9.18. The molecule has 16 heavy (non-hydrogen) atoms. The first-order valence-electron chi connectivity index (χ1n) is 5.62. The molecule has 0 N–H and O–H groups in total. The van der Waals surface area contributed by atoms with Crippen LogP contribution in [0.15, 0.2) is 36.4 Å². The molecule has 1 aliphatic rings. The summed E-state index contributed by atoms with van der Waals surface area (Å²) in [5.41, 5.74) is 2.09. The van der Waals surface area contributed by atoms with Gasteiger partial charge >= 0.3 is 0 Å². The maximum absolute atomic E-state index is 11.2. The molecule has 0 bridgehead atoms. The molecule has 1 heterocycles. The smallest absolute Gasteiger partial charge is 0.133 e. The fourth-order valence-electron chi connectivity index (χ4n) is 2.26.